The Kier molecular flexibility index (Phi) is 8.69. The predicted octanol–water partition coefficient (Wildman–Crippen LogP) is 3.00. The van der Waals surface area contributed by atoms with Crippen LogP contribution in [0.2, 0.25) is 0 Å². The molecule has 2 heterocycles. The number of nitrogens with zero attached hydrogens (tertiary/aromatic N) is 2. The molecule has 2 aliphatic rings. The van der Waals surface area contributed by atoms with Crippen LogP contribution in [0.25, 0.3) is 0 Å². The third kappa shape index (κ3) is 6.89. The van der Waals surface area contributed by atoms with E-state index in [9.17, 15) is 27.9 Å². The fraction of sp³-hybridized carbons (Fsp3) is 0.519. The maximum Gasteiger partial charge on any atom is 0.416 e. The number of alkyl halides is 3. The molecular weight excluding hydrogens is 501 g/mol. The Labute approximate surface area is 219 Å². The number of pyridine rings is 1. The van der Waals surface area contributed by atoms with Crippen LogP contribution < -0.4 is 10.6 Å². The molecule has 1 atom stereocenters. The van der Waals surface area contributed by atoms with Crippen molar-refractivity contribution < 1.29 is 32.6 Å². The second-order valence-corrected chi connectivity index (χ2v) is 10.1. The van der Waals surface area contributed by atoms with Gasteiger partial charge in [-0.25, -0.2) is 0 Å². The third-order valence-electron chi connectivity index (χ3n) is 7.36. The number of rotatable bonds is 8. The Hall–Kier alpha value is -3.02. The quantitative estimate of drug-likeness (QED) is 0.481. The molecule has 0 spiro atoms. The maximum absolute atomic E-state index is 12.9. The average molecular weight is 535 g/mol. The van der Waals surface area contributed by atoms with Crippen LogP contribution in [-0.2, 0) is 27.9 Å². The van der Waals surface area contributed by atoms with Crippen molar-refractivity contribution in [3.63, 3.8) is 0 Å². The molecule has 8 nitrogen and oxygen atoms in total. The van der Waals surface area contributed by atoms with Gasteiger partial charge in [-0.1, -0.05) is 12.1 Å². The smallest absolute Gasteiger partial charge is 0.384 e. The van der Waals surface area contributed by atoms with Gasteiger partial charge in [0.05, 0.1) is 24.4 Å². The van der Waals surface area contributed by atoms with Gasteiger partial charge in [0.15, 0.2) is 0 Å². The number of halogens is 3. The monoisotopic (exact) mass is 534 g/mol. The van der Waals surface area contributed by atoms with Gasteiger partial charge in [0.1, 0.15) is 5.60 Å². The van der Waals surface area contributed by atoms with Crippen LogP contribution in [0.15, 0.2) is 42.6 Å². The van der Waals surface area contributed by atoms with Crippen molar-refractivity contribution in [1.29, 1.82) is 0 Å². The topological polar surface area (TPSA) is 104 Å². The van der Waals surface area contributed by atoms with E-state index in [1.54, 1.807) is 13.3 Å². The summed E-state index contributed by atoms with van der Waals surface area (Å²) in [6, 6.07) is 8.09. The van der Waals surface area contributed by atoms with E-state index in [0.29, 0.717) is 37.7 Å². The first-order valence-electron chi connectivity index (χ1n) is 12.7. The number of benzene rings is 1. The Bertz CT molecular complexity index is 1120. The number of aliphatic hydroxyl groups is 1. The van der Waals surface area contributed by atoms with E-state index in [0.717, 1.165) is 49.6 Å². The normalized spacial score (nSPS) is 24.2. The summed E-state index contributed by atoms with van der Waals surface area (Å²) in [5, 5.41) is 16.5. The number of amides is 2. The summed E-state index contributed by atoms with van der Waals surface area (Å²) in [6.45, 7) is 1.63. The van der Waals surface area contributed by atoms with Gasteiger partial charge in [-0.2, -0.15) is 13.2 Å². The minimum absolute atomic E-state index is 0.0798. The van der Waals surface area contributed by atoms with Crippen molar-refractivity contribution in [2.24, 2.45) is 0 Å². The molecule has 0 bridgehead atoms. The predicted molar refractivity (Wildman–Crippen MR) is 133 cm³/mol. The number of hydrogen-bond donors (Lipinski definition) is 3. The van der Waals surface area contributed by atoms with Crippen LogP contribution in [0.4, 0.5) is 13.2 Å². The molecule has 38 heavy (non-hydrogen) atoms. The molecule has 0 radical (unpaired) electrons. The molecule has 2 aromatic rings. The van der Waals surface area contributed by atoms with Gasteiger partial charge in [0, 0.05) is 44.0 Å². The molecule has 206 valence electrons. The highest BCUT2D eigenvalue weighted by Gasteiger charge is 2.39. The summed E-state index contributed by atoms with van der Waals surface area (Å²) in [5.41, 5.74) is -0.396. The standard InChI is InChI=1S/C27H33F3N4O4/c1-38-17-18-5-6-23(31-14-18)26(37)10-7-22(8-11-26)34-12-9-21(16-34)33-24(35)15-32-25(36)19-3-2-4-20(13-19)27(28,29)30/h2-6,13-14,21-22,37H,7-12,15-17H2,1H3,(H,32,36)(H,33,35)/t21-,22?,26?/m1/s1. The number of carbonyl (C=O) groups excluding carboxylic acids is 2. The molecule has 1 saturated heterocycles. The third-order valence-corrected chi connectivity index (χ3v) is 7.36. The Morgan fingerprint density at radius 3 is 2.61 bits per heavy atom. The number of hydrogen-bond acceptors (Lipinski definition) is 6. The van der Waals surface area contributed by atoms with Crippen LogP contribution in [0.1, 0.15) is 59.3 Å². The fourth-order valence-corrected chi connectivity index (χ4v) is 5.27. The molecule has 1 saturated carbocycles. The lowest BCUT2D eigenvalue weighted by Crippen LogP contribution is -2.45. The zero-order valence-corrected chi connectivity index (χ0v) is 21.3. The van der Waals surface area contributed by atoms with Crippen molar-refractivity contribution in [2.75, 3.05) is 26.7 Å². The highest BCUT2D eigenvalue weighted by Crippen LogP contribution is 2.38. The van der Waals surface area contributed by atoms with E-state index in [2.05, 4.69) is 20.5 Å². The Morgan fingerprint density at radius 1 is 1.18 bits per heavy atom. The summed E-state index contributed by atoms with van der Waals surface area (Å²) >= 11 is 0. The van der Waals surface area contributed by atoms with E-state index >= 15 is 0 Å². The minimum atomic E-state index is -4.55. The molecule has 1 aliphatic carbocycles. The van der Waals surface area contributed by atoms with Crippen molar-refractivity contribution in [3.8, 4) is 0 Å². The van der Waals surface area contributed by atoms with Crippen LogP contribution in [0.3, 0.4) is 0 Å². The van der Waals surface area contributed by atoms with Crippen LogP contribution in [0.5, 0.6) is 0 Å². The lowest BCUT2D eigenvalue weighted by Gasteiger charge is -2.39. The summed E-state index contributed by atoms with van der Waals surface area (Å²) < 4.78 is 43.7. The van der Waals surface area contributed by atoms with Crippen LogP contribution in [-0.4, -0.2) is 65.6 Å². The van der Waals surface area contributed by atoms with Gasteiger partial charge < -0.3 is 20.5 Å². The summed E-state index contributed by atoms with van der Waals surface area (Å²) in [6.07, 6.45) is 0.769. The first-order chi connectivity index (χ1) is 18.1. The molecule has 2 fully saturated rings. The zero-order valence-electron chi connectivity index (χ0n) is 21.3. The number of aromatic nitrogens is 1. The van der Waals surface area contributed by atoms with Gasteiger partial charge in [-0.05, 0) is 61.9 Å². The molecule has 3 N–H and O–H groups in total. The first-order valence-corrected chi connectivity index (χ1v) is 12.7. The number of carbonyl (C=O) groups is 2. The molecule has 1 aromatic heterocycles. The number of ether oxygens (including phenoxy) is 1. The van der Waals surface area contributed by atoms with E-state index in [-0.39, 0.29) is 18.2 Å². The molecule has 2 amide bonds. The highest BCUT2D eigenvalue weighted by atomic mass is 19.4. The van der Waals surface area contributed by atoms with Gasteiger partial charge in [-0.15, -0.1) is 0 Å². The van der Waals surface area contributed by atoms with Gasteiger partial charge in [0.2, 0.25) is 5.91 Å². The first kappa shape index (κ1) is 28.0. The Morgan fingerprint density at radius 2 is 1.95 bits per heavy atom. The highest BCUT2D eigenvalue weighted by molar-refractivity contribution is 5.96. The second kappa shape index (κ2) is 11.8. The van der Waals surface area contributed by atoms with Crippen LogP contribution >= 0.6 is 0 Å². The SMILES string of the molecule is COCc1ccc(C2(O)CCC(N3CC[C@@H](NC(=O)CNC(=O)c4cccc(C(F)(F)F)c4)C3)CC2)nc1. The van der Waals surface area contributed by atoms with Crippen LogP contribution in [0, 0.1) is 0 Å². The van der Waals surface area contributed by atoms with E-state index in [4.69, 9.17) is 4.74 Å². The van der Waals surface area contributed by atoms with Crippen molar-refractivity contribution in [2.45, 2.75) is 62.6 Å². The largest absolute Gasteiger partial charge is 0.416 e. The minimum Gasteiger partial charge on any atom is -0.384 e. The molecule has 1 aromatic carbocycles. The molecule has 4 rings (SSSR count). The zero-order chi connectivity index (χ0) is 27.3. The average Bonchev–Trinajstić information content (AvgIpc) is 3.36. The van der Waals surface area contributed by atoms with Gasteiger partial charge >= 0.3 is 6.18 Å². The van der Waals surface area contributed by atoms with E-state index in [1.165, 1.54) is 6.07 Å². The summed E-state index contributed by atoms with van der Waals surface area (Å²) in [5.74, 6) is -1.13. The van der Waals surface area contributed by atoms with Gasteiger partial charge in [0.25, 0.3) is 5.91 Å². The van der Waals surface area contributed by atoms with Gasteiger partial charge in [-0.3, -0.25) is 19.5 Å². The number of nitrogens with one attached hydrogen (secondary N) is 2. The molecule has 1 aliphatic heterocycles. The second-order valence-electron chi connectivity index (χ2n) is 10.1. The maximum atomic E-state index is 12.9. The lowest BCUT2D eigenvalue weighted by molar-refractivity contribution is -0.137. The molecule has 0 unspecified atom stereocenters. The van der Waals surface area contributed by atoms with Crippen molar-refractivity contribution in [3.05, 3.63) is 65.0 Å². The van der Waals surface area contributed by atoms with Crippen molar-refractivity contribution in [1.82, 2.24) is 20.5 Å². The summed E-state index contributed by atoms with van der Waals surface area (Å²) in [4.78, 5) is 31.4. The Balaban J connectivity index is 1.21. The molecule has 11 heteroatoms. The molecular formula is C27H33F3N4O4. The van der Waals surface area contributed by atoms with Crippen molar-refractivity contribution >= 4 is 11.8 Å². The fourth-order valence-electron chi connectivity index (χ4n) is 5.27. The lowest BCUT2D eigenvalue weighted by atomic mass is 9.79. The summed E-state index contributed by atoms with van der Waals surface area (Å²) in [7, 11) is 1.62. The number of likely N-dealkylation sites (tertiary alicyclic amines) is 1. The number of methoxy groups -OCH3 is 1. The van der Waals surface area contributed by atoms with E-state index in [1.807, 2.05) is 12.1 Å². The van der Waals surface area contributed by atoms with E-state index < -0.39 is 29.2 Å².